The highest BCUT2D eigenvalue weighted by molar-refractivity contribution is 5.07. The molecule has 1 aromatic rings. The number of rotatable bonds is 5. The summed E-state index contributed by atoms with van der Waals surface area (Å²) in [5, 5.41) is 3.45. The van der Waals surface area contributed by atoms with Gasteiger partial charge < -0.3 is 9.73 Å². The van der Waals surface area contributed by atoms with Gasteiger partial charge in [-0.05, 0) is 52.8 Å². The number of nitrogens with zero attached hydrogens (tertiary/aromatic N) is 1. The van der Waals surface area contributed by atoms with Gasteiger partial charge in [-0.25, -0.2) is 0 Å². The molecule has 0 atom stereocenters. The van der Waals surface area contributed by atoms with Crippen LogP contribution in [0.25, 0.3) is 0 Å². The van der Waals surface area contributed by atoms with Gasteiger partial charge >= 0.3 is 0 Å². The molecule has 1 heterocycles. The van der Waals surface area contributed by atoms with Gasteiger partial charge in [-0.15, -0.1) is 0 Å². The molecule has 0 radical (unpaired) electrons. The van der Waals surface area contributed by atoms with Crippen molar-refractivity contribution in [2.24, 2.45) is 0 Å². The molecule has 1 fully saturated rings. The van der Waals surface area contributed by atoms with Gasteiger partial charge in [0.05, 0.1) is 13.1 Å². The Morgan fingerprint density at radius 1 is 1.21 bits per heavy atom. The normalized spacial score (nSPS) is 17.5. The van der Waals surface area contributed by atoms with Crippen LogP contribution < -0.4 is 5.32 Å². The van der Waals surface area contributed by atoms with Crippen LogP contribution in [-0.4, -0.2) is 23.5 Å². The molecule has 2 rings (SSSR count). The minimum atomic E-state index is 0.133. The summed E-state index contributed by atoms with van der Waals surface area (Å²) in [5.74, 6) is 2.12. The molecule has 1 aromatic heterocycles. The summed E-state index contributed by atoms with van der Waals surface area (Å²) < 4.78 is 5.91. The summed E-state index contributed by atoms with van der Waals surface area (Å²) in [6.45, 7) is 8.25. The van der Waals surface area contributed by atoms with E-state index >= 15 is 0 Å². The summed E-state index contributed by atoms with van der Waals surface area (Å²) in [5.41, 5.74) is 0.133. The largest absolute Gasteiger partial charge is 0.463 e. The lowest BCUT2D eigenvalue weighted by Gasteiger charge is -2.22. The second kappa shape index (κ2) is 6.10. The van der Waals surface area contributed by atoms with Gasteiger partial charge in [-0.3, -0.25) is 4.90 Å². The van der Waals surface area contributed by atoms with Crippen molar-refractivity contribution in [2.45, 2.75) is 71.1 Å². The second-order valence-corrected chi connectivity index (χ2v) is 6.82. The molecule has 19 heavy (non-hydrogen) atoms. The smallest absolute Gasteiger partial charge is 0.118 e. The van der Waals surface area contributed by atoms with Crippen molar-refractivity contribution in [2.75, 3.05) is 7.05 Å². The molecule has 3 heteroatoms. The SMILES string of the molecule is CN(Cc1ccc(CNC(C)(C)C)o1)C1CCCC1. The lowest BCUT2D eigenvalue weighted by atomic mass is 10.1. The molecule has 0 bridgehead atoms. The number of nitrogens with one attached hydrogen (secondary N) is 1. The van der Waals surface area contributed by atoms with Crippen LogP contribution in [0.4, 0.5) is 0 Å². The van der Waals surface area contributed by atoms with Crippen LogP contribution in [0.1, 0.15) is 58.0 Å². The molecular formula is C16H28N2O. The van der Waals surface area contributed by atoms with Crippen molar-refractivity contribution < 1.29 is 4.42 Å². The van der Waals surface area contributed by atoms with E-state index in [2.05, 4.69) is 50.2 Å². The molecule has 1 aliphatic carbocycles. The first kappa shape index (κ1) is 14.6. The van der Waals surface area contributed by atoms with Crippen molar-refractivity contribution in [3.8, 4) is 0 Å². The first-order chi connectivity index (χ1) is 8.94. The highest BCUT2D eigenvalue weighted by Gasteiger charge is 2.20. The molecule has 1 saturated carbocycles. The van der Waals surface area contributed by atoms with Gasteiger partial charge in [-0.1, -0.05) is 12.8 Å². The Kier molecular flexibility index (Phi) is 4.69. The molecule has 0 aliphatic heterocycles. The predicted molar refractivity (Wildman–Crippen MR) is 79.0 cm³/mol. The molecule has 108 valence electrons. The van der Waals surface area contributed by atoms with Crippen molar-refractivity contribution in [3.63, 3.8) is 0 Å². The van der Waals surface area contributed by atoms with E-state index in [1.807, 2.05) is 0 Å². The monoisotopic (exact) mass is 264 g/mol. The van der Waals surface area contributed by atoms with Crippen LogP contribution in [0.3, 0.4) is 0 Å². The molecule has 0 amide bonds. The zero-order valence-electron chi connectivity index (χ0n) is 12.8. The first-order valence-corrected chi connectivity index (χ1v) is 7.47. The van der Waals surface area contributed by atoms with Gasteiger partial charge in [0.15, 0.2) is 0 Å². The van der Waals surface area contributed by atoms with Crippen LogP contribution in [0.2, 0.25) is 0 Å². The summed E-state index contributed by atoms with van der Waals surface area (Å²) in [6.07, 6.45) is 5.45. The maximum atomic E-state index is 5.91. The topological polar surface area (TPSA) is 28.4 Å². The third-order valence-corrected chi connectivity index (χ3v) is 3.86. The van der Waals surface area contributed by atoms with Gasteiger partial charge in [0.25, 0.3) is 0 Å². The van der Waals surface area contributed by atoms with Crippen LogP contribution in [0.15, 0.2) is 16.5 Å². The predicted octanol–water partition coefficient (Wildman–Crippen LogP) is 3.54. The minimum Gasteiger partial charge on any atom is -0.463 e. The van der Waals surface area contributed by atoms with Gasteiger partial charge in [0.2, 0.25) is 0 Å². The maximum absolute atomic E-state index is 5.91. The molecule has 1 aliphatic rings. The minimum absolute atomic E-state index is 0.133. The molecule has 1 N–H and O–H groups in total. The van der Waals surface area contributed by atoms with E-state index in [1.165, 1.54) is 25.7 Å². The molecule has 3 nitrogen and oxygen atoms in total. The molecule has 0 saturated heterocycles. The summed E-state index contributed by atoms with van der Waals surface area (Å²) >= 11 is 0. The summed E-state index contributed by atoms with van der Waals surface area (Å²) in [7, 11) is 2.21. The van der Waals surface area contributed by atoms with E-state index in [4.69, 9.17) is 4.42 Å². The molecule has 0 spiro atoms. The second-order valence-electron chi connectivity index (χ2n) is 6.82. The fraction of sp³-hybridized carbons (Fsp3) is 0.750. The fourth-order valence-electron chi connectivity index (χ4n) is 2.67. The molecule has 0 aromatic carbocycles. The van der Waals surface area contributed by atoms with Crippen molar-refractivity contribution in [3.05, 3.63) is 23.7 Å². The Bertz CT molecular complexity index is 386. The maximum Gasteiger partial charge on any atom is 0.118 e. The van der Waals surface area contributed by atoms with Gasteiger partial charge in [-0.2, -0.15) is 0 Å². The number of hydrogen-bond acceptors (Lipinski definition) is 3. The Morgan fingerprint density at radius 3 is 2.47 bits per heavy atom. The summed E-state index contributed by atoms with van der Waals surface area (Å²) in [6, 6.07) is 4.96. The third-order valence-electron chi connectivity index (χ3n) is 3.86. The first-order valence-electron chi connectivity index (χ1n) is 7.47. The van der Waals surface area contributed by atoms with E-state index in [0.29, 0.717) is 0 Å². The van der Waals surface area contributed by atoms with E-state index in [0.717, 1.165) is 30.7 Å². The Balaban J connectivity index is 1.83. The van der Waals surface area contributed by atoms with Crippen molar-refractivity contribution in [1.29, 1.82) is 0 Å². The average Bonchev–Trinajstić information content (AvgIpc) is 2.96. The standard InChI is InChI=1S/C16H28N2O/c1-16(2,3)17-11-14-9-10-15(19-14)12-18(4)13-7-5-6-8-13/h9-10,13,17H,5-8,11-12H2,1-4H3. The Labute approximate surface area is 117 Å². The van der Waals surface area contributed by atoms with Crippen LogP contribution >= 0.6 is 0 Å². The highest BCUT2D eigenvalue weighted by Crippen LogP contribution is 2.24. The van der Waals surface area contributed by atoms with E-state index < -0.39 is 0 Å². The Morgan fingerprint density at radius 2 is 1.84 bits per heavy atom. The lowest BCUT2D eigenvalue weighted by Crippen LogP contribution is -2.34. The third kappa shape index (κ3) is 4.66. The molecular weight excluding hydrogens is 236 g/mol. The summed E-state index contributed by atoms with van der Waals surface area (Å²) in [4.78, 5) is 2.44. The van der Waals surface area contributed by atoms with Crippen molar-refractivity contribution >= 4 is 0 Å². The quantitative estimate of drug-likeness (QED) is 0.881. The fourth-order valence-corrected chi connectivity index (χ4v) is 2.67. The molecule has 0 unspecified atom stereocenters. The van der Waals surface area contributed by atoms with Crippen LogP contribution in [0.5, 0.6) is 0 Å². The zero-order chi connectivity index (χ0) is 13.9. The van der Waals surface area contributed by atoms with Gasteiger partial charge in [0.1, 0.15) is 11.5 Å². The highest BCUT2D eigenvalue weighted by atomic mass is 16.3. The zero-order valence-corrected chi connectivity index (χ0v) is 12.8. The average molecular weight is 264 g/mol. The Hall–Kier alpha value is -0.800. The lowest BCUT2D eigenvalue weighted by molar-refractivity contribution is 0.216. The van der Waals surface area contributed by atoms with Crippen molar-refractivity contribution in [1.82, 2.24) is 10.2 Å². The van der Waals surface area contributed by atoms with Gasteiger partial charge in [0, 0.05) is 11.6 Å². The van der Waals surface area contributed by atoms with E-state index in [1.54, 1.807) is 0 Å². The number of hydrogen-bond donors (Lipinski definition) is 1. The van der Waals surface area contributed by atoms with E-state index in [-0.39, 0.29) is 5.54 Å². The van der Waals surface area contributed by atoms with Crippen LogP contribution in [0, 0.1) is 0 Å². The van der Waals surface area contributed by atoms with E-state index in [9.17, 15) is 0 Å². The van der Waals surface area contributed by atoms with Crippen LogP contribution in [-0.2, 0) is 13.1 Å². The number of furan rings is 1.